The highest BCUT2D eigenvalue weighted by atomic mass is 16.3. The van der Waals surface area contributed by atoms with Gasteiger partial charge < -0.3 is 8.98 Å². The molecule has 0 aliphatic carbocycles. The van der Waals surface area contributed by atoms with E-state index in [4.69, 9.17) is 19.4 Å². The number of aromatic nitrogens is 5. The summed E-state index contributed by atoms with van der Waals surface area (Å²) in [6.07, 6.45) is 0. The fraction of sp³-hybridized carbons (Fsp3) is 0. The van der Waals surface area contributed by atoms with E-state index in [1.807, 2.05) is 18.2 Å². The third kappa shape index (κ3) is 6.23. The SMILES string of the molecule is c1ccc(-c2ccc(-c3nc(-c4cccc5c4oc4cccc(-c6ccccc6)c45)nc(-n4c5ccccc5c5ccc6c7ccccc7n(-c7ccc(-c8ccccc8)cc7)c6c54)n3)cc2)cc1. The molecule has 4 aromatic heterocycles. The number of fused-ring (bicyclic) bond motifs is 10. The molecule has 0 bridgehead atoms. The molecule has 4 heterocycles. The van der Waals surface area contributed by atoms with Crippen LogP contribution in [0.25, 0.3) is 133 Å². The lowest BCUT2D eigenvalue weighted by Gasteiger charge is -2.14. The minimum atomic E-state index is 0.509. The lowest BCUT2D eigenvalue weighted by atomic mass is 9.99. The molecule has 0 unspecified atom stereocenters. The molecule has 0 saturated carbocycles. The van der Waals surface area contributed by atoms with Crippen molar-refractivity contribution in [3.8, 4) is 67.8 Å². The molecule has 10 aromatic carbocycles. The zero-order valence-corrected chi connectivity index (χ0v) is 37.2. The number of para-hydroxylation sites is 3. The molecule has 0 atom stereocenters. The lowest BCUT2D eigenvalue weighted by molar-refractivity contribution is 0.669. The predicted octanol–water partition coefficient (Wildman–Crippen LogP) is 16.3. The third-order valence-corrected chi connectivity index (χ3v) is 13.6. The molecule has 322 valence electrons. The molecule has 0 saturated heterocycles. The van der Waals surface area contributed by atoms with Crippen LogP contribution in [0.3, 0.4) is 0 Å². The third-order valence-electron chi connectivity index (χ3n) is 13.6. The van der Waals surface area contributed by atoms with Crippen LogP contribution in [0.15, 0.2) is 241 Å². The fourth-order valence-corrected chi connectivity index (χ4v) is 10.4. The van der Waals surface area contributed by atoms with Gasteiger partial charge in [0, 0.05) is 43.6 Å². The van der Waals surface area contributed by atoms with Gasteiger partial charge in [0.25, 0.3) is 0 Å². The Morgan fingerprint density at radius 1 is 0.304 bits per heavy atom. The Morgan fingerprint density at radius 3 is 1.43 bits per heavy atom. The van der Waals surface area contributed by atoms with Crippen LogP contribution in [0, 0.1) is 0 Å². The Bertz CT molecular complexity index is 4270. The lowest BCUT2D eigenvalue weighted by Crippen LogP contribution is -2.07. The van der Waals surface area contributed by atoms with E-state index in [9.17, 15) is 0 Å². The molecule has 0 radical (unpaired) electrons. The van der Waals surface area contributed by atoms with Gasteiger partial charge in [0.2, 0.25) is 5.95 Å². The van der Waals surface area contributed by atoms with Gasteiger partial charge in [-0.1, -0.05) is 200 Å². The van der Waals surface area contributed by atoms with E-state index in [-0.39, 0.29) is 0 Å². The second kappa shape index (κ2) is 15.6. The minimum absolute atomic E-state index is 0.509. The molecule has 14 aromatic rings. The van der Waals surface area contributed by atoms with E-state index in [0.717, 1.165) is 105 Å². The maximum absolute atomic E-state index is 6.86. The largest absolute Gasteiger partial charge is 0.455 e. The first kappa shape index (κ1) is 38.8. The van der Waals surface area contributed by atoms with Crippen LogP contribution in [-0.2, 0) is 0 Å². The smallest absolute Gasteiger partial charge is 0.238 e. The van der Waals surface area contributed by atoms with Gasteiger partial charge in [-0.3, -0.25) is 4.57 Å². The van der Waals surface area contributed by atoms with Crippen molar-refractivity contribution in [2.24, 2.45) is 0 Å². The number of rotatable bonds is 7. The number of hydrogen-bond donors (Lipinski definition) is 0. The van der Waals surface area contributed by atoms with Crippen LogP contribution in [0.4, 0.5) is 0 Å². The van der Waals surface area contributed by atoms with Crippen molar-refractivity contribution < 1.29 is 4.42 Å². The summed E-state index contributed by atoms with van der Waals surface area (Å²) in [5, 5.41) is 6.57. The molecule has 0 N–H and O–H groups in total. The van der Waals surface area contributed by atoms with Gasteiger partial charge in [0.05, 0.1) is 27.6 Å². The quantitative estimate of drug-likeness (QED) is 0.160. The van der Waals surface area contributed by atoms with Crippen molar-refractivity contribution in [2.45, 2.75) is 0 Å². The van der Waals surface area contributed by atoms with Gasteiger partial charge in [0.1, 0.15) is 11.2 Å². The summed E-state index contributed by atoms with van der Waals surface area (Å²) in [7, 11) is 0. The summed E-state index contributed by atoms with van der Waals surface area (Å²) < 4.78 is 11.5. The van der Waals surface area contributed by atoms with Crippen molar-refractivity contribution in [3.63, 3.8) is 0 Å². The Kier molecular flexibility index (Phi) is 8.79. The maximum Gasteiger partial charge on any atom is 0.238 e. The van der Waals surface area contributed by atoms with Crippen LogP contribution in [-0.4, -0.2) is 24.1 Å². The number of hydrogen-bond acceptors (Lipinski definition) is 4. The summed E-state index contributed by atoms with van der Waals surface area (Å²) in [4.78, 5) is 16.3. The summed E-state index contributed by atoms with van der Waals surface area (Å²) in [6, 6.07) is 83.2. The molecule has 0 amide bonds. The first-order chi connectivity index (χ1) is 34.2. The zero-order chi connectivity index (χ0) is 45.4. The van der Waals surface area contributed by atoms with E-state index >= 15 is 0 Å². The second-order valence-corrected chi connectivity index (χ2v) is 17.5. The Labute approximate surface area is 396 Å². The van der Waals surface area contributed by atoms with Crippen LogP contribution in [0.2, 0.25) is 0 Å². The van der Waals surface area contributed by atoms with E-state index in [1.54, 1.807) is 0 Å². The molecule has 6 nitrogen and oxygen atoms in total. The standard InChI is InChI=1S/C63H39N5O/c1-4-16-40(17-5-1)42-30-32-45(33-31-42)61-64-62(53-26-14-25-52-57-47(44-20-8-3-9-21-44)24-15-29-56(57)69-60(52)53)66-63(65-61)68-55-28-13-11-23-49(55)51-39-38-50-48-22-10-12-27-54(48)67(58(50)59(51)68)46-36-34-43(35-37-46)41-18-6-2-7-19-41/h1-39H. The van der Waals surface area contributed by atoms with Gasteiger partial charge in [-0.25, -0.2) is 4.98 Å². The summed E-state index contributed by atoms with van der Waals surface area (Å²) in [5.74, 6) is 1.58. The highest BCUT2D eigenvalue weighted by Gasteiger charge is 2.25. The molecule has 0 fully saturated rings. The van der Waals surface area contributed by atoms with Gasteiger partial charge in [0.15, 0.2) is 11.6 Å². The van der Waals surface area contributed by atoms with Crippen LogP contribution >= 0.6 is 0 Å². The van der Waals surface area contributed by atoms with Gasteiger partial charge >= 0.3 is 0 Å². The topological polar surface area (TPSA) is 61.7 Å². The van der Waals surface area contributed by atoms with Crippen molar-refractivity contribution in [1.82, 2.24) is 24.1 Å². The summed E-state index contributed by atoms with van der Waals surface area (Å²) >= 11 is 0. The van der Waals surface area contributed by atoms with Crippen molar-refractivity contribution >= 4 is 65.6 Å². The molecular formula is C63H39N5O. The highest BCUT2D eigenvalue weighted by Crippen LogP contribution is 2.44. The molecule has 14 rings (SSSR count). The normalized spacial score (nSPS) is 11.8. The summed E-state index contributed by atoms with van der Waals surface area (Å²) in [6.45, 7) is 0. The first-order valence-corrected chi connectivity index (χ1v) is 23.3. The number of benzene rings is 10. The predicted molar refractivity (Wildman–Crippen MR) is 283 cm³/mol. The van der Waals surface area contributed by atoms with E-state index in [0.29, 0.717) is 17.6 Å². The Balaban J connectivity index is 1.05. The minimum Gasteiger partial charge on any atom is -0.455 e. The molecule has 0 aliphatic rings. The average Bonchev–Trinajstić information content (AvgIpc) is 4.10. The molecule has 6 heteroatoms. The van der Waals surface area contributed by atoms with Crippen LogP contribution < -0.4 is 0 Å². The number of nitrogens with zero attached hydrogens (tertiary/aromatic N) is 5. The second-order valence-electron chi connectivity index (χ2n) is 17.5. The van der Waals surface area contributed by atoms with E-state index < -0.39 is 0 Å². The first-order valence-electron chi connectivity index (χ1n) is 23.3. The van der Waals surface area contributed by atoms with Gasteiger partial charge in [-0.2, -0.15) is 9.97 Å². The van der Waals surface area contributed by atoms with Gasteiger partial charge in [-0.15, -0.1) is 0 Å². The maximum atomic E-state index is 6.86. The van der Waals surface area contributed by atoms with Crippen LogP contribution in [0.5, 0.6) is 0 Å². The van der Waals surface area contributed by atoms with Crippen molar-refractivity contribution in [3.05, 3.63) is 237 Å². The fourth-order valence-electron chi connectivity index (χ4n) is 10.4. The summed E-state index contributed by atoms with van der Waals surface area (Å²) in [5.41, 5.74) is 15.3. The van der Waals surface area contributed by atoms with E-state index in [1.165, 1.54) is 10.9 Å². The average molecular weight is 882 g/mol. The van der Waals surface area contributed by atoms with E-state index in [2.05, 4.69) is 228 Å². The van der Waals surface area contributed by atoms with Crippen molar-refractivity contribution in [2.75, 3.05) is 0 Å². The number of furan rings is 1. The monoisotopic (exact) mass is 881 g/mol. The molecule has 0 aliphatic heterocycles. The molecule has 0 spiro atoms. The Morgan fingerprint density at radius 2 is 0.783 bits per heavy atom. The molecule has 69 heavy (non-hydrogen) atoms. The Hall–Kier alpha value is -9.39. The van der Waals surface area contributed by atoms with Crippen molar-refractivity contribution in [1.29, 1.82) is 0 Å². The van der Waals surface area contributed by atoms with Gasteiger partial charge in [-0.05, 0) is 69.8 Å². The molecular weight excluding hydrogens is 843 g/mol. The van der Waals surface area contributed by atoms with Crippen LogP contribution in [0.1, 0.15) is 0 Å². The highest BCUT2D eigenvalue weighted by molar-refractivity contribution is 6.24. The zero-order valence-electron chi connectivity index (χ0n) is 37.2.